The van der Waals surface area contributed by atoms with E-state index in [2.05, 4.69) is 11.1 Å². The van der Waals surface area contributed by atoms with Gasteiger partial charge in [0, 0.05) is 12.3 Å². The van der Waals surface area contributed by atoms with Crippen LogP contribution in [0.2, 0.25) is 0 Å². The molecule has 1 aromatic heterocycles. The highest BCUT2D eigenvalue weighted by molar-refractivity contribution is 7.92. The van der Waals surface area contributed by atoms with E-state index in [4.69, 9.17) is 15.7 Å². The van der Waals surface area contributed by atoms with E-state index in [1.807, 2.05) is 0 Å². The van der Waals surface area contributed by atoms with Crippen LogP contribution in [-0.4, -0.2) is 37.2 Å². The Morgan fingerprint density at radius 3 is 2.70 bits per heavy atom. The summed E-state index contributed by atoms with van der Waals surface area (Å²) in [5.74, 6) is 1.78. The fraction of sp³-hybridized carbons (Fsp3) is 0.538. The Bertz CT molecular complexity index is 625. The van der Waals surface area contributed by atoms with Gasteiger partial charge in [-0.25, -0.2) is 8.42 Å². The van der Waals surface area contributed by atoms with Gasteiger partial charge in [0.1, 0.15) is 0 Å². The van der Waals surface area contributed by atoms with Gasteiger partial charge in [-0.3, -0.25) is 4.79 Å². The largest absolute Gasteiger partial charge is 0.465 e. The molecule has 7 heteroatoms. The second-order valence-electron chi connectivity index (χ2n) is 4.55. The topological polar surface area (TPSA) is 86.5 Å². The summed E-state index contributed by atoms with van der Waals surface area (Å²) in [5.41, 5.74) is 0.497. The number of nitrogens with zero attached hydrogens (tertiary/aromatic N) is 1. The number of esters is 1. The Hall–Kier alpha value is -1.81. The molecule has 0 saturated carbocycles. The molecule has 0 N–H and O–H groups in total. The molecule has 0 saturated heterocycles. The highest BCUT2D eigenvalue weighted by atomic mass is 32.2. The smallest absolute Gasteiger partial charge is 0.327 e. The molecule has 0 aliphatic rings. The lowest BCUT2D eigenvalue weighted by Gasteiger charge is -2.24. The Balaban J connectivity index is 2.92. The third-order valence-electron chi connectivity index (χ3n) is 3.09. The summed E-state index contributed by atoms with van der Waals surface area (Å²) in [7, 11) is -3.63. The van der Waals surface area contributed by atoms with E-state index >= 15 is 0 Å². The monoisotopic (exact) mass is 299 g/mol. The summed E-state index contributed by atoms with van der Waals surface area (Å²) in [6.45, 7) is 3.09. The summed E-state index contributed by atoms with van der Waals surface area (Å²) < 4.78 is 31.8. The highest BCUT2D eigenvalue weighted by Crippen LogP contribution is 2.25. The van der Waals surface area contributed by atoms with E-state index in [1.165, 1.54) is 13.0 Å². The number of carbonyl (C=O) groups excluding carboxylic acids is 1. The van der Waals surface area contributed by atoms with Crippen LogP contribution in [0.4, 0.5) is 0 Å². The number of hydrogen-bond acceptors (Lipinski definition) is 6. The van der Waals surface area contributed by atoms with Crippen molar-refractivity contribution < 1.29 is 22.5 Å². The molecule has 1 atom stereocenters. The Labute approximate surface area is 118 Å². The molecule has 0 fully saturated rings. The summed E-state index contributed by atoms with van der Waals surface area (Å²) in [6.07, 6.45) is 6.45. The maximum Gasteiger partial charge on any atom is 0.327 e. The van der Waals surface area contributed by atoms with Crippen LogP contribution >= 0.6 is 0 Å². The lowest BCUT2D eigenvalue weighted by molar-refractivity contribution is -0.146. The van der Waals surface area contributed by atoms with Crippen molar-refractivity contribution in [3.63, 3.8) is 0 Å². The van der Waals surface area contributed by atoms with Gasteiger partial charge >= 0.3 is 5.97 Å². The molecule has 0 amide bonds. The van der Waals surface area contributed by atoms with Crippen LogP contribution in [0.5, 0.6) is 0 Å². The molecule has 1 aromatic rings. The zero-order valence-electron chi connectivity index (χ0n) is 11.7. The van der Waals surface area contributed by atoms with Crippen molar-refractivity contribution in [3.05, 3.63) is 17.5 Å². The van der Waals surface area contributed by atoms with Crippen LogP contribution in [0.25, 0.3) is 0 Å². The quantitative estimate of drug-likeness (QED) is 0.574. The fourth-order valence-corrected chi connectivity index (χ4v) is 2.42. The molecule has 20 heavy (non-hydrogen) atoms. The van der Waals surface area contributed by atoms with Gasteiger partial charge in [-0.2, -0.15) is 0 Å². The number of aromatic nitrogens is 1. The third kappa shape index (κ3) is 3.39. The Kier molecular flexibility index (Phi) is 4.95. The van der Waals surface area contributed by atoms with Gasteiger partial charge in [0.15, 0.2) is 14.6 Å². The molecule has 0 aliphatic carbocycles. The van der Waals surface area contributed by atoms with Crippen molar-refractivity contribution >= 4 is 15.8 Å². The first-order chi connectivity index (χ1) is 9.24. The van der Waals surface area contributed by atoms with Crippen LogP contribution in [0.3, 0.4) is 0 Å². The van der Waals surface area contributed by atoms with Gasteiger partial charge in [0.05, 0.1) is 12.3 Å². The second kappa shape index (κ2) is 6.09. The minimum Gasteiger partial charge on any atom is -0.465 e. The zero-order chi connectivity index (χ0) is 15.4. The van der Waals surface area contributed by atoms with Crippen LogP contribution in [0.15, 0.2) is 10.6 Å². The first kappa shape index (κ1) is 16.2. The number of sulfone groups is 1. The molecule has 0 aliphatic heterocycles. The molecule has 0 radical (unpaired) electrons. The van der Waals surface area contributed by atoms with Crippen LogP contribution in [0, 0.1) is 12.3 Å². The molecule has 1 unspecified atom stereocenters. The molecule has 0 spiro atoms. The first-order valence-corrected chi connectivity index (χ1v) is 7.92. The van der Waals surface area contributed by atoms with Crippen molar-refractivity contribution in [2.75, 3.05) is 12.9 Å². The normalized spacial score (nSPS) is 14.3. The number of hydrogen-bond donors (Lipinski definition) is 0. The molecular weight excluding hydrogens is 282 g/mol. The SMILES string of the molecule is C#Cc1cc(CCC(C)(C(=O)OCC)S(C)(=O)=O)no1. The minimum absolute atomic E-state index is 0.0429. The molecule has 6 nitrogen and oxygen atoms in total. The maximum absolute atomic E-state index is 11.9. The molecule has 0 aromatic carbocycles. The van der Waals surface area contributed by atoms with Crippen LogP contribution in [-0.2, 0) is 25.8 Å². The van der Waals surface area contributed by atoms with E-state index in [9.17, 15) is 13.2 Å². The van der Waals surface area contributed by atoms with Gasteiger partial charge < -0.3 is 9.26 Å². The van der Waals surface area contributed by atoms with Crippen LogP contribution in [0.1, 0.15) is 31.7 Å². The van der Waals surface area contributed by atoms with E-state index < -0.39 is 20.6 Å². The molecular formula is C13H17NO5S. The summed E-state index contributed by atoms with van der Waals surface area (Å²) >= 11 is 0. The predicted octanol–water partition coefficient (Wildman–Crippen LogP) is 0.955. The lowest BCUT2D eigenvalue weighted by atomic mass is 10.0. The zero-order valence-corrected chi connectivity index (χ0v) is 12.5. The predicted molar refractivity (Wildman–Crippen MR) is 72.6 cm³/mol. The Morgan fingerprint density at radius 2 is 2.25 bits per heavy atom. The molecule has 0 bridgehead atoms. The van der Waals surface area contributed by atoms with Gasteiger partial charge in [0.25, 0.3) is 0 Å². The Morgan fingerprint density at radius 1 is 1.60 bits per heavy atom. The van der Waals surface area contributed by atoms with E-state index in [0.29, 0.717) is 5.69 Å². The molecule has 110 valence electrons. The summed E-state index contributed by atoms with van der Waals surface area (Å²) in [5, 5.41) is 3.71. The standard InChI is InChI=1S/C13H17NO5S/c1-5-11-9-10(14-19-11)7-8-13(3,20(4,16)17)12(15)18-6-2/h1,9H,6-8H2,2-4H3. The lowest BCUT2D eigenvalue weighted by Crippen LogP contribution is -2.44. The van der Waals surface area contributed by atoms with E-state index in [1.54, 1.807) is 6.92 Å². The van der Waals surface area contributed by atoms with Gasteiger partial charge in [0.2, 0.25) is 5.76 Å². The number of rotatable bonds is 6. The number of terminal acetylenes is 1. The van der Waals surface area contributed by atoms with Crippen molar-refractivity contribution in [1.29, 1.82) is 0 Å². The van der Waals surface area contributed by atoms with E-state index in [0.717, 1.165) is 6.26 Å². The van der Waals surface area contributed by atoms with Crippen LogP contribution < -0.4 is 0 Å². The number of carbonyl (C=O) groups is 1. The minimum atomic E-state index is -3.63. The first-order valence-electron chi connectivity index (χ1n) is 6.03. The number of aryl methyl sites for hydroxylation is 1. The average molecular weight is 299 g/mol. The van der Waals surface area contributed by atoms with Crippen molar-refractivity contribution in [2.45, 2.75) is 31.4 Å². The number of ether oxygens (including phenoxy) is 1. The van der Waals surface area contributed by atoms with Crippen molar-refractivity contribution in [3.8, 4) is 12.3 Å². The maximum atomic E-state index is 11.9. The van der Waals surface area contributed by atoms with Crippen molar-refractivity contribution in [2.24, 2.45) is 0 Å². The third-order valence-corrected chi connectivity index (χ3v) is 5.09. The van der Waals surface area contributed by atoms with Gasteiger partial charge in [-0.1, -0.05) is 5.16 Å². The average Bonchev–Trinajstić information content (AvgIpc) is 2.82. The second-order valence-corrected chi connectivity index (χ2v) is 7.00. The van der Waals surface area contributed by atoms with Crippen molar-refractivity contribution in [1.82, 2.24) is 5.16 Å². The summed E-state index contributed by atoms with van der Waals surface area (Å²) in [6, 6.07) is 1.54. The van der Waals surface area contributed by atoms with Gasteiger partial charge in [-0.15, -0.1) is 6.42 Å². The highest BCUT2D eigenvalue weighted by Gasteiger charge is 2.44. The summed E-state index contributed by atoms with van der Waals surface area (Å²) in [4.78, 5) is 11.9. The molecule has 1 heterocycles. The van der Waals surface area contributed by atoms with Gasteiger partial charge in [-0.05, 0) is 32.6 Å². The van der Waals surface area contributed by atoms with E-state index in [-0.39, 0.29) is 25.2 Å². The molecule has 1 rings (SSSR count). The fourth-order valence-electron chi connectivity index (χ4n) is 1.59.